The molecule has 0 spiro atoms. The summed E-state index contributed by atoms with van der Waals surface area (Å²) >= 11 is 0. The predicted octanol–water partition coefficient (Wildman–Crippen LogP) is 3.92. The van der Waals surface area contributed by atoms with E-state index in [2.05, 4.69) is 47.2 Å². The van der Waals surface area contributed by atoms with Crippen molar-refractivity contribution in [3.8, 4) is 5.82 Å². The molecule has 16 nitrogen and oxygen atoms in total. The molecule has 3 fully saturated rings. The topological polar surface area (TPSA) is 179 Å². The number of anilines is 5. The number of aliphatic hydroxyl groups is 1. The zero-order valence-electron chi connectivity index (χ0n) is 33.3. The number of piperazine rings is 1. The average Bonchev–Trinajstić information content (AvgIpc) is 3.49. The molecule has 2 amide bonds. The van der Waals surface area contributed by atoms with E-state index in [0.717, 1.165) is 64.5 Å². The lowest BCUT2D eigenvalue weighted by Crippen LogP contribution is -2.49. The average molecular weight is 805 g/mol. The Hall–Kier alpha value is -6.20. The summed E-state index contributed by atoms with van der Waals surface area (Å²) in [5.41, 5.74) is 1.15. The zero-order chi connectivity index (χ0) is 41.3. The third-order valence-electron chi connectivity index (χ3n) is 11.3. The molecular formula is C42H49FN12O4. The second kappa shape index (κ2) is 16.6. The minimum Gasteiger partial charge on any atom is -0.384 e. The van der Waals surface area contributed by atoms with E-state index >= 15 is 4.39 Å². The first kappa shape index (κ1) is 39.6. The van der Waals surface area contributed by atoms with E-state index in [1.807, 2.05) is 12.1 Å². The fourth-order valence-corrected chi connectivity index (χ4v) is 8.03. The number of aromatic nitrogens is 6. The van der Waals surface area contributed by atoms with Crippen LogP contribution in [0.15, 0.2) is 78.4 Å². The van der Waals surface area contributed by atoms with Gasteiger partial charge in [-0.05, 0) is 81.5 Å². The molecule has 4 aromatic heterocycles. The van der Waals surface area contributed by atoms with Crippen LogP contribution in [0.2, 0.25) is 0 Å². The summed E-state index contributed by atoms with van der Waals surface area (Å²) in [6, 6.07) is 13.6. The number of nitrogens with one attached hydrogen (secondary N) is 3. The predicted molar refractivity (Wildman–Crippen MR) is 224 cm³/mol. The van der Waals surface area contributed by atoms with Gasteiger partial charge in [0.15, 0.2) is 11.5 Å². The van der Waals surface area contributed by atoms with Crippen LogP contribution in [0, 0.1) is 11.7 Å². The maximum atomic E-state index is 15.2. The third kappa shape index (κ3) is 8.66. The molecule has 1 atom stereocenters. The largest absolute Gasteiger partial charge is 0.384 e. The van der Waals surface area contributed by atoms with Gasteiger partial charge in [0.05, 0.1) is 29.8 Å². The fraction of sp³-hybridized carbons (Fsp3) is 0.405. The SMILES string of the molecule is C=CCn1c(=O)c2cnc(Nc3ccc(N4CCN(CC5CCN(c6ccc(NC7CCC(=O)NC7=O)cc6F)CC5)CC4)nc3)nc2n1-c1cccc(C(C)(C)O)n1. The Morgan fingerprint density at radius 2 is 1.69 bits per heavy atom. The van der Waals surface area contributed by atoms with E-state index in [9.17, 15) is 19.5 Å². The van der Waals surface area contributed by atoms with Crippen molar-refractivity contribution in [3.63, 3.8) is 0 Å². The molecule has 0 radical (unpaired) electrons. The molecule has 4 N–H and O–H groups in total. The van der Waals surface area contributed by atoms with Gasteiger partial charge >= 0.3 is 0 Å². The first-order valence-corrected chi connectivity index (χ1v) is 20.1. The molecule has 3 saturated heterocycles. The summed E-state index contributed by atoms with van der Waals surface area (Å²) in [4.78, 5) is 62.4. The van der Waals surface area contributed by atoms with Crippen LogP contribution in [0.4, 0.5) is 33.2 Å². The molecule has 3 aliphatic rings. The number of benzene rings is 1. The van der Waals surface area contributed by atoms with E-state index in [4.69, 9.17) is 9.97 Å². The number of nitrogens with zero attached hydrogens (tertiary/aromatic N) is 9. The number of rotatable bonds is 12. The Morgan fingerprint density at radius 1 is 0.915 bits per heavy atom. The van der Waals surface area contributed by atoms with Crippen LogP contribution in [0.25, 0.3) is 16.9 Å². The lowest BCUT2D eigenvalue weighted by molar-refractivity contribution is -0.133. The van der Waals surface area contributed by atoms with Gasteiger partial charge in [-0.3, -0.25) is 24.6 Å². The van der Waals surface area contributed by atoms with E-state index in [0.29, 0.717) is 51.9 Å². The number of halogens is 1. The highest BCUT2D eigenvalue weighted by atomic mass is 19.1. The number of amides is 2. The monoisotopic (exact) mass is 804 g/mol. The molecule has 7 heterocycles. The summed E-state index contributed by atoms with van der Waals surface area (Å²) in [5, 5.41) is 19.5. The highest BCUT2D eigenvalue weighted by Gasteiger charge is 2.29. The van der Waals surface area contributed by atoms with Crippen molar-refractivity contribution in [1.82, 2.24) is 39.5 Å². The van der Waals surface area contributed by atoms with Gasteiger partial charge in [-0.25, -0.2) is 28.7 Å². The van der Waals surface area contributed by atoms with Gasteiger partial charge in [-0.1, -0.05) is 12.1 Å². The fourth-order valence-electron chi connectivity index (χ4n) is 8.03. The highest BCUT2D eigenvalue weighted by Crippen LogP contribution is 2.30. The first-order valence-electron chi connectivity index (χ1n) is 20.1. The van der Waals surface area contributed by atoms with Gasteiger partial charge in [-0.15, -0.1) is 6.58 Å². The summed E-state index contributed by atoms with van der Waals surface area (Å²) in [6.07, 6.45) is 7.48. The van der Waals surface area contributed by atoms with Gasteiger partial charge in [0.25, 0.3) is 5.56 Å². The van der Waals surface area contributed by atoms with Crippen molar-refractivity contribution in [2.24, 2.45) is 5.92 Å². The first-order chi connectivity index (χ1) is 28.4. The Kier molecular flexibility index (Phi) is 11.1. The number of piperidine rings is 2. The zero-order valence-corrected chi connectivity index (χ0v) is 33.3. The van der Waals surface area contributed by atoms with Crippen molar-refractivity contribution < 1.29 is 19.1 Å². The second-order valence-corrected chi connectivity index (χ2v) is 15.9. The molecule has 3 aliphatic heterocycles. The van der Waals surface area contributed by atoms with Crippen LogP contribution >= 0.6 is 0 Å². The van der Waals surface area contributed by atoms with E-state index in [1.54, 1.807) is 61.1 Å². The molecule has 0 aliphatic carbocycles. The van der Waals surface area contributed by atoms with Gasteiger partial charge < -0.3 is 25.5 Å². The molecule has 59 heavy (non-hydrogen) atoms. The van der Waals surface area contributed by atoms with E-state index in [-0.39, 0.29) is 42.1 Å². The third-order valence-corrected chi connectivity index (χ3v) is 11.3. The minimum atomic E-state index is -1.18. The molecule has 0 bridgehead atoms. The smallest absolute Gasteiger partial charge is 0.278 e. The van der Waals surface area contributed by atoms with Crippen LogP contribution in [0.3, 0.4) is 0 Å². The van der Waals surface area contributed by atoms with Gasteiger partial charge in [0, 0.05) is 64.1 Å². The summed E-state index contributed by atoms with van der Waals surface area (Å²) in [6.45, 7) is 13.5. The Balaban J connectivity index is 0.838. The van der Waals surface area contributed by atoms with Crippen LogP contribution in [-0.4, -0.2) is 103 Å². The molecule has 17 heteroatoms. The number of hydrogen-bond donors (Lipinski definition) is 4. The number of fused-ring (bicyclic) bond motifs is 1. The van der Waals surface area contributed by atoms with Gasteiger partial charge in [0.1, 0.15) is 28.7 Å². The van der Waals surface area contributed by atoms with Crippen LogP contribution < -0.4 is 31.3 Å². The molecular weight excluding hydrogens is 756 g/mol. The van der Waals surface area contributed by atoms with E-state index in [1.165, 1.54) is 16.9 Å². The normalized spacial score (nSPS) is 18.3. The molecule has 5 aromatic rings. The maximum Gasteiger partial charge on any atom is 0.278 e. The summed E-state index contributed by atoms with van der Waals surface area (Å²) in [7, 11) is 0. The summed E-state index contributed by atoms with van der Waals surface area (Å²) < 4.78 is 18.3. The quantitative estimate of drug-likeness (QED) is 0.106. The highest BCUT2D eigenvalue weighted by molar-refractivity contribution is 6.01. The Labute approximate surface area is 340 Å². The number of carbonyl (C=O) groups excluding carboxylic acids is 2. The molecule has 1 unspecified atom stereocenters. The second-order valence-electron chi connectivity index (χ2n) is 15.9. The number of pyridine rings is 2. The van der Waals surface area contributed by atoms with Crippen LogP contribution in [0.5, 0.6) is 0 Å². The molecule has 8 rings (SSSR count). The maximum absolute atomic E-state index is 15.2. The Bertz CT molecular complexity index is 2410. The molecule has 1 aromatic carbocycles. The van der Waals surface area contributed by atoms with Crippen LogP contribution in [-0.2, 0) is 21.7 Å². The van der Waals surface area contributed by atoms with Crippen molar-refractivity contribution in [2.45, 2.75) is 57.7 Å². The number of imide groups is 1. The minimum absolute atomic E-state index is 0.223. The van der Waals surface area contributed by atoms with Crippen molar-refractivity contribution in [1.29, 1.82) is 0 Å². The Morgan fingerprint density at radius 3 is 2.39 bits per heavy atom. The number of allylic oxidation sites excluding steroid dienone is 1. The number of hydrogen-bond acceptors (Lipinski definition) is 13. The summed E-state index contributed by atoms with van der Waals surface area (Å²) in [5.74, 6) is 1.15. The van der Waals surface area contributed by atoms with Gasteiger partial charge in [-0.2, -0.15) is 4.98 Å². The molecule has 0 saturated carbocycles. The van der Waals surface area contributed by atoms with E-state index < -0.39 is 11.6 Å². The lowest BCUT2D eigenvalue weighted by Gasteiger charge is -2.39. The van der Waals surface area contributed by atoms with Crippen molar-refractivity contribution in [2.75, 3.05) is 66.2 Å². The van der Waals surface area contributed by atoms with Crippen molar-refractivity contribution in [3.05, 3.63) is 95.4 Å². The van der Waals surface area contributed by atoms with Crippen molar-refractivity contribution >= 4 is 51.7 Å². The molecule has 308 valence electrons. The van der Waals surface area contributed by atoms with Crippen LogP contribution in [0.1, 0.15) is 45.2 Å². The standard InChI is InChI=1S/C42H49FN12O4/c1-4-16-54-40(58)30-25-45-41(50-38(30)55(54)36-7-5-6-34(48-36)42(2,3)59)47-29-9-12-35(44-24-29)53-21-19-51(20-22-53)26-27-14-17-52(18-15-27)33-11-8-28(23-31(33)43)46-32-10-13-37(56)49-39(32)57/h4-9,11-12,23-25,27,32,46,59H,1,10,13-22,26H2,2-3H3,(H,45,47,50)(H,49,56,57). The lowest BCUT2D eigenvalue weighted by atomic mass is 9.95. The van der Waals surface area contributed by atoms with Gasteiger partial charge in [0.2, 0.25) is 17.8 Å². The number of carbonyl (C=O) groups is 2.